The van der Waals surface area contributed by atoms with Crippen molar-refractivity contribution in [2.24, 2.45) is 0 Å². The van der Waals surface area contributed by atoms with Crippen LogP contribution in [0.1, 0.15) is 42.6 Å². The van der Waals surface area contributed by atoms with E-state index in [1.54, 1.807) is 0 Å². The summed E-state index contributed by atoms with van der Waals surface area (Å²) in [6.07, 6.45) is 7.75. The quantitative estimate of drug-likeness (QED) is 0.746. The minimum Gasteiger partial charge on any atom is -0.476 e. The lowest BCUT2D eigenvalue weighted by Crippen LogP contribution is -2.44. The van der Waals surface area contributed by atoms with E-state index in [4.69, 9.17) is 5.11 Å². The van der Waals surface area contributed by atoms with E-state index in [1.807, 2.05) is 0 Å². The second-order valence-electron chi connectivity index (χ2n) is 4.72. The molecular weight excluding hydrogens is 234 g/mol. The number of carboxylic acids is 1. The number of nitrogens with zero attached hydrogens (tertiary/aromatic N) is 2. The van der Waals surface area contributed by atoms with Crippen LogP contribution in [0, 0.1) is 0 Å². The van der Waals surface area contributed by atoms with E-state index in [2.05, 4.69) is 15.3 Å². The van der Waals surface area contributed by atoms with E-state index < -0.39 is 5.97 Å². The zero-order valence-corrected chi connectivity index (χ0v) is 10.1. The van der Waals surface area contributed by atoms with Crippen molar-refractivity contribution in [3.8, 4) is 0 Å². The molecule has 1 heterocycles. The maximum atomic E-state index is 10.7. The molecule has 0 atom stereocenters. The van der Waals surface area contributed by atoms with Crippen molar-refractivity contribution < 1.29 is 15.0 Å². The second-order valence-corrected chi connectivity index (χ2v) is 4.72. The van der Waals surface area contributed by atoms with Gasteiger partial charge in [0.25, 0.3) is 0 Å². The molecule has 6 heteroatoms. The van der Waals surface area contributed by atoms with Crippen LogP contribution in [-0.4, -0.2) is 38.3 Å². The van der Waals surface area contributed by atoms with E-state index in [-0.39, 0.29) is 17.8 Å². The predicted octanol–water partition coefficient (Wildman–Crippen LogP) is 1.28. The van der Waals surface area contributed by atoms with Crippen molar-refractivity contribution in [2.75, 3.05) is 11.9 Å². The van der Waals surface area contributed by atoms with Gasteiger partial charge in [0.15, 0.2) is 5.69 Å². The summed E-state index contributed by atoms with van der Waals surface area (Å²) in [4.78, 5) is 18.5. The Morgan fingerprint density at radius 1 is 1.28 bits per heavy atom. The average Bonchev–Trinajstić information content (AvgIpc) is 2.40. The molecule has 1 aliphatic rings. The Labute approximate surface area is 105 Å². The first-order chi connectivity index (χ1) is 8.65. The lowest BCUT2D eigenvalue weighted by Gasteiger charge is -2.36. The van der Waals surface area contributed by atoms with Crippen LogP contribution in [0.5, 0.6) is 0 Å². The van der Waals surface area contributed by atoms with Gasteiger partial charge in [0, 0.05) is 0 Å². The van der Waals surface area contributed by atoms with Gasteiger partial charge in [0.05, 0.1) is 24.5 Å². The zero-order valence-electron chi connectivity index (χ0n) is 10.1. The molecule has 6 nitrogen and oxygen atoms in total. The van der Waals surface area contributed by atoms with Gasteiger partial charge in [-0.2, -0.15) is 0 Å². The fraction of sp³-hybridized carbons (Fsp3) is 0.583. The summed E-state index contributed by atoms with van der Waals surface area (Å²) < 4.78 is 0. The molecule has 1 saturated carbocycles. The summed E-state index contributed by atoms with van der Waals surface area (Å²) in [7, 11) is 0. The standard InChI is InChI=1S/C12H17N3O3/c16-8-12(4-2-1-3-5-12)15-10-7-13-9(6-14-10)11(17)18/h6-7,16H,1-5,8H2,(H,14,15)(H,17,18). The highest BCUT2D eigenvalue weighted by atomic mass is 16.4. The molecule has 18 heavy (non-hydrogen) atoms. The third-order valence-corrected chi connectivity index (χ3v) is 3.38. The van der Waals surface area contributed by atoms with E-state index in [9.17, 15) is 9.90 Å². The van der Waals surface area contributed by atoms with Crippen molar-refractivity contribution in [3.05, 3.63) is 18.1 Å². The number of aromatic carboxylic acids is 1. The van der Waals surface area contributed by atoms with Crippen molar-refractivity contribution >= 4 is 11.8 Å². The number of aliphatic hydroxyl groups is 1. The highest BCUT2D eigenvalue weighted by Gasteiger charge is 2.31. The fourth-order valence-corrected chi connectivity index (χ4v) is 2.33. The van der Waals surface area contributed by atoms with Gasteiger partial charge in [-0.3, -0.25) is 0 Å². The minimum absolute atomic E-state index is 0.0510. The molecule has 1 aliphatic carbocycles. The second kappa shape index (κ2) is 5.30. The van der Waals surface area contributed by atoms with Crippen LogP contribution in [-0.2, 0) is 0 Å². The molecule has 0 radical (unpaired) electrons. The van der Waals surface area contributed by atoms with Crippen LogP contribution < -0.4 is 5.32 Å². The van der Waals surface area contributed by atoms with Crippen LogP contribution in [0.4, 0.5) is 5.82 Å². The summed E-state index contributed by atoms with van der Waals surface area (Å²) in [6, 6.07) is 0. The molecule has 0 spiro atoms. The summed E-state index contributed by atoms with van der Waals surface area (Å²) in [5.41, 5.74) is -0.417. The third kappa shape index (κ3) is 2.76. The summed E-state index contributed by atoms with van der Waals surface area (Å²) in [6.45, 7) is 0.0510. The number of carboxylic acid groups (broad SMARTS) is 1. The van der Waals surface area contributed by atoms with Crippen LogP contribution >= 0.6 is 0 Å². The highest BCUT2D eigenvalue weighted by Crippen LogP contribution is 2.30. The molecule has 0 amide bonds. The Morgan fingerprint density at radius 3 is 2.50 bits per heavy atom. The number of hydrogen-bond donors (Lipinski definition) is 3. The Balaban J connectivity index is 2.09. The molecular formula is C12H17N3O3. The SMILES string of the molecule is O=C(O)c1cnc(NC2(CO)CCCCC2)cn1. The summed E-state index contributed by atoms with van der Waals surface area (Å²) in [5.74, 6) is -0.584. The number of hydrogen-bond acceptors (Lipinski definition) is 5. The number of carbonyl (C=O) groups is 1. The van der Waals surface area contributed by atoms with E-state index in [1.165, 1.54) is 18.8 Å². The van der Waals surface area contributed by atoms with Crippen molar-refractivity contribution in [1.29, 1.82) is 0 Å². The molecule has 1 fully saturated rings. The maximum Gasteiger partial charge on any atom is 0.356 e. The Hall–Kier alpha value is -1.69. The van der Waals surface area contributed by atoms with Crippen molar-refractivity contribution in [1.82, 2.24) is 9.97 Å². The minimum atomic E-state index is -1.09. The van der Waals surface area contributed by atoms with Gasteiger partial charge in [0.1, 0.15) is 5.82 Å². The largest absolute Gasteiger partial charge is 0.476 e. The predicted molar refractivity (Wildman–Crippen MR) is 65.5 cm³/mol. The first-order valence-electron chi connectivity index (χ1n) is 6.10. The molecule has 1 aromatic rings. The van der Waals surface area contributed by atoms with Crippen LogP contribution in [0.3, 0.4) is 0 Å². The van der Waals surface area contributed by atoms with Crippen molar-refractivity contribution in [3.63, 3.8) is 0 Å². The monoisotopic (exact) mass is 251 g/mol. The summed E-state index contributed by atoms with van der Waals surface area (Å²) in [5, 5.41) is 21.5. The first-order valence-corrected chi connectivity index (χ1v) is 6.10. The van der Waals surface area contributed by atoms with Crippen molar-refractivity contribution in [2.45, 2.75) is 37.6 Å². The first kappa shape index (κ1) is 12.8. The van der Waals surface area contributed by atoms with Gasteiger partial charge < -0.3 is 15.5 Å². The van der Waals surface area contributed by atoms with Gasteiger partial charge in [-0.05, 0) is 12.8 Å². The number of aliphatic hydroxyl groups excluding tert-OH is 1. The van der Waals surface area contributed by atoms with Crippen LogP contribution in [0.2, 0.25) is 0 Å². The van der Waals surface area contributed by atoms with E-state index in [0.29, 0.717) is 5.82 Å². The third-order valence-electron chi connectivity index (χ3n) is 3.38. The van der Waals surface area contributed by atoms with Crippen LogP contribution in [0.15, 0.2) is 12.4 Å². The molecule has 98 valence electrons. The molecule has 0 aromatic carbocycles. The lowest BCUT2D eigenvalue weighted by atomic mass is 9.82. The molecule has 0 unspecified atom stereocenters. The molecule has 3 N–H and O–H groups in total. The van der Waals surface area contributed by atoms with Crippen LogP contribution in [0.25, 0.3) is 0 Å². The lowest BCUT2D eigenvalue weighted by molar-refractivity contribution is 0.0690. The van der Waals surface area contributed by atoms with Gasteiger partial charge in [-0.15, -0.1) is 0 Å². The fourth-order valence-electron chi connectivity index (χ4n) is 2.33. The van der Waals surface area contributed by atoms with Gasteiger partial charge in [0.2, 0.25) is 0 Å². The highest BCUT2D eigenvalue weighted by molar-refractivity contribution is 5.84. The van der Waals surface area contributed by atoms with Gasteiger partial charge in [-0.25, -0.2) is 14.8 Å². The van der Waals surface area contributed by atoms with E-state index in [0.717, 1.165) is 25.7 Å². The zero-order chi connectivity index (χ0) is 13.0. The van der Waals surface area contributed by atoms with Gasteiger partial charge in [-0.1, -0.05) is 19.3 Å². The number of aromatic nitrogens is 2. The number of anilines is 1. The smallest absolute Gasteiger partial charge is 0.356 e. The maximum absolute atomic E-state index is 10.7. The molecule has 0 aliphatic heterocycles. The Bertz CT molecular complexity index is 413. The Morgan fingerprint density at radius 2 is 2.00 bits per heavy atom. The number of nitrogens with one attached hydrogen (secondary N) is 1. The Kier molecular flexibility index (Phi) is 3.76. The van der Waals surface area contributed by atoms with E-state index >= 15 is 0 Å². The molecule has 0 saturated heterocycles. The average molecular weight is 251 g/mol. The van der Waals surface area contributed by atoms with Gasteiger partial charge >= 0.3 is 5.97 Å². The normalized spacial score (nSPS) is 18.3. The topological polar surface area (TPSA) is 95.3 Å². The molecule has 0 bridgehead atoms. The number of rotatable bonds is 4. The molecule has 2 rings (SSSR count). The molecule has 1 aromatic heterocycles. The summed E-state index contributed by atoms with van der Waals surface area (Å²) >= 11 is 0.